The molecule has 4 heteroatoms. The van der Waals surface area contributed by atoms with Crippen molar-refractivity contribution in [2.45, 2.75) is 33.4 Å². The van der Waals surface area contributed by atoms with Crippen molar-refractivity contribution in [3.8, 4) is 5.69 Å². The number of pyridine rings is 1. The van der Waals surface area contributed by atoms with Gasteiger partial charge in [-0.1, -0.05) is 13.8 Å². The van der Waals surface area contributed by atoms with Crippen molar-refractivity contribution < 1.29 is 0 Å². The summed E-state index contributed by atoms with van der Waals surface area (Å²) in [6.07, 6.45) is 7.51. The predicted molar refractivity (Wildman–Crippen MR) is 68.1 cm³/mol. The molecule has 0 atom stereocenters. The average Bonchev–Trinajstić information content (AvgIpc) is 2.73. The van der Waals surface area contributed by atoms with Crippen LogP contribution < -0.4 is 5.32 Å². The van der Waals surface area contributed by atoms with Crippen LogP contribution in [0.5, 0.6) is 0 Å². The summed E-state index contributed by atoms with van der Waals surface area (Å²) >= 11 is 0. The molecule has 0 aliphatic rings. The molecule has 0 fully saturated rings. The van der Waals surface area contributed by atoms with Crippen molar-refractivity contribution in [2.24, 2.45) is 0 Å². The first-order valence-corrected chi connectivity index (χ1v) is 5.85. The second kappa shape index (κ2) is 5.10. The summed E-state index contributed by atoms with van der Waals surface area (Å²) in [5, 5.41) is 3.41. The number of imidazole rings is 1. The normalized spacial score (nSPS) is 11.1. The molecular weight excluding hydrogens is 212 g/mol. The minimum atomic E-state index is 0.465. The van der Waals surface area contributed by atoms with E-state index in [1.54, 1.807) is 0 Å². The van der Waals surface area contributed by atoms with Crippen LogP contribution in [0.4, 0.5) is 0 Å². The highest BCUT2D eigenvalue weighted by atomic mass is 15.1. The van der Waals surface area contributed by atoms with Crippen LogP contribution in [-0.4, -0.2) is 20.6 Å². The van der Waals surface area contributed by atoms with Gasteiger partial charge in [0, 0.05) is 42.9 Å². The second-order valence-corrected chi connectivity index (χ2v) is 4.38. The van der Waals surface area contributed by atoms with Gasteiger partial charge in [0.25, 0.3) is 0 Å². The third-order valence-corrected chi connectivity index (χ3v) is 2.66. The van der Waals surface area contributed by atoms with Crippen LogP contribution in [0.1, 0.15) is 25.2 Å². The van der Waals surface area contributed by atoms with Crippen molar-refractivity contribution in [3.63, 3.8) is 0 Å². The Hall–Kier alpha value is -1.68. The zero-order valence-corrected chi connectivity index (χ0v) is 10.5. The smallest absolute Gasteiger partial charge is 0.110 e. The molecule has 0 bridgehead atoms. The van der Waals surface area contributed by atoms with Crippen LogP contribution in [0, 0.1) is 6.92 Å². The van der Waals surface area contributed by atoms with E-state index in [4.69, 9.17) is 0 Å². The first kappa shape index (κ1) is 11.8. The largest absolute Gasteiger partial charge is 0.310 e. The fourth-order valence-corrected chi connectivity index (χ4v) is 1.74. The van der Waals surface area contributed by atoms with Crippen molar-refractivity contribution in [2.75, 3.05) is 0 Å². The Morgan fingerprint density at radius 1 is 1.35 bits per heavy atom. The van der Waals surface area contributed by atoms with Crippen molar-refractivity contribution in [1.82, 2.24) is 19.9 Å². The van der Waals surface area contributed by atoms with E-state index in [0.29, 0.717) is 6.04 Å². The van der Waals surface area contributed by atoms with E-state index in [0.717, 1.165) is 18.1 Å². The molecular formula is C13H18N4. The summed E-state index contributed by atoms with van der Waals surface area (Å²) in [6, 6.07) is 2.48. The van der Waals surface area contributed by atoms with Gasteiger partial charge in [-0.2, -0.15) is 0 Å². The Morgan fingerprint density at radius 2 is 2.18 bits per heavy atom. The number of hydrogen-bond acceptors (Lipinski definition) is 3. The summed E-state index contributed by atoms with van der Waals surface area (Å²) < 4.78 is 2.08. The van der Waals surface area contributed by atoms with E-state index < -0.39 is 0 Å². The molecule has 0 unspecified atom stereocenters. The van der Waals surface area contributed by atoms with Crippen LogP contribution in [0.3, 0.4) is 0 Å². The Kier molecular flexibility index (Phi) is 3.54. The molecule has 90 valence electrons. The van der Waals surface area contributed by atoms with Gasteiger partial charge in [-0.05, 0) is 13.0 Å². The Bertz CT molecular complexity index is 488. The molecule has 0 saturated carbocycles. The number of rotatable bonds is 4. The maximum Gasteiger partial charge on any atom is 0.110 e. The Morgan fingerprint density at radius 3 is 2.82 bits per heavy atom. The first-order chi connectivity index (χ1) is 8.18. The molecule has 0 amide bonds. The van der Waals surface area contributed by atoms with E-state index in [1.165, 1.54) is 5.56 Å². The minimum absolute atomic E-state index is 0.465. The molecule has 2 rings (SSSR count). The lowest BCUT2D eigenvalue weighted by molar-refractivity contribution is 0.586. The van der Waals surface area contributed by atoms with Gasteiger partial charge in [-0.3, -0.25) is 4.98 Å². The van der Waals surface area contributed by atoms with E-state index in [-0.39, 0.29) is 0 Å². The number of aryl methyl sites for hydroxylation is 1. The average molecular weight is 230 g/mol. The van der Waals surface area contributed by atoms with E-state index in [9.17, 15) is 0 Å². The van der Waals surface area contributed by atoms with Crippen LogP contribution in [0.15, 0.2) is 30.9 Å². The number of nitrogens with one attached hydrogen (secondary N) is 1. The zero-order valence-electron chi connectivity index (χ0n) is 10.5. The Balaban J connectivity index is 2.31. The fraction of sp³-hybridized carbons (Fsp3) is 0.385. The quantitative estimate of drug-likeness (QED) is 0.874. The SMILES string of the molecule is Cc1nccn1-c1ccncc1CNC(C)C. The van der Waals surface area contributed by atoms with Gasteiger partial charge in [0.15, 0.2) is 0 Å². The highest BCUT2D eigenvalue weighted by molar-refractivity contribution is 5.39. The molecule has 0 saturated heterocycles. The summed E-state index contributed by atoms with van der Waals surface area (Å²) in [7, 11) is 0. The highest BCUT2D eigenvalue weighted by Gasteiger charge is 2.06. The molecule has 1 N–H and O–H groups in total. The molecule has 0 spiro atoms. The molecule has 0 aromatic carbocycles. The van der Waals surface area contributed by atoms with Gasteiger partial charge in [-0.25, -0.2) is 4.98 Å². The molecule has 17 heavy (non-hydrogen) atoms. The van der Waals surface area contributed by atoms with Gasteiger partial charge in [0.05, 0.1) is 5.69 Å². The maximum absolute atomic E-state index is 4.25. The molecule has 0 aliphatic heterocycles. The third-order valence-electron chi connectivity index (χ3n) is 2.66. The number of aromatic nitrogens is 3. The maximum atomic E-state index is 4.25. The summed E-state index contributed by atoms with van der Waals surface area (Å²) in [4.78, 5) is 8.44. The van der Waals surface area contributed by atoms with E-state index in [1.807, 2.05) is 37.8 Å². The molecule has 4 nitrogen and oxygen atoms in total. The van der Waals surface area contributed by atoms with Gasteiger partial charge in [0.1, 0.15) is 5.82 Å². The molecule has 2 aromatic heterocycles. The van der Waals surface area contributed by atoms with Crippen LogP contribution in [0.25, 0.3) is 5.69 Å². The second-order valence-electron chi connectivity index (χ2n) is 4.38. The van der Waals surface area contributed by atoms with Gasteiger partial charge in [0.2, 0.25) is 0 Å². The lowest BCUT2D eigenvalue weighted by atomic mass is 10.2. The van der Waals surface area contributed by atoms with Crippen LogP contribution in [-0.2, 0) is 6.54 Å². The van der Waals surface area contributed by atoms with Crippen molar-refractivity contribution in [1.29, 1.82) is 0 Å². The Labute approximate surface area is 102 Å². The van der Waals surface area contributed by atoms with E-state index >= 15 is 0 Å². The monoisotopic (exact) mass is 230 g/mol. The zero-order chi connectivity index (χ0) is 12.3. The lowest BCUT2D eigenvalue weighted by Gasteiger charge is -2.13. The molecule has 2 heterocycles. The van der Waals surface area contributed by atoms with Gasteiger partial charge >= 0.3 is 0 Å². The molecule has 0 aliphatic carbocycles. The standard InChI is InChI=1S/C13H18N4/c1-10(2)16-9-12-8-14-5-4-13(12)17-7-6-15-11(17)3/h4-8,10,16H,9H2,1-3H3. The van der Waals surface area contributed by atoms with Crippen molar-refractivity contribution >= 4 is 0 Å². The minimum Gasteiger partial charge on any atom is -0.310 e. The van der Waals surface area contributed by atoms with Crippen LogP contribution in [0.2, 0.25) is 0 Å². The fourth-order valence-electron chi connectivity index (χ4n) is 1.74. The third kappa shape index (κ3) is 2.71. The highest BCUT2D eigenvalue weighted by Crippen LogP contribution is 2.14. The van der Waals surface area contributed by atoms with Gasteiger partial charge in [-0.15, -0.1) is 0 Å². The van der Waals surface area contributed by atoms with Crippen LogP contribution >= 0.6 is 0 Å². The molecule has 0 radical (unpaired) electrons. The van der Waals surface area contributed by atoms with Gasteiger partial charge < -0.3 is 9.88 Å². The van der Waals surface area contributed by atoms with Crippen molar-refractivity contribution in [3.05, 3.63) is 42.2 Å². The summed E-state index contributed by atoms with van der Waals surface area (Å²) in [5.41, 5.74) is 2.32. The first-order valence-electron chi connectivity index (χ1n) is 5.85. The number of nitrogens with zero attached hydrogens (tertiary/aromatic N) is 3. The lowest BCUT2D eigenvalue weighted by Crippen LogP contribution is -2.22. The predicted octanol–water partition coefficient (Wildman–Crippen LogP) is 2.07. The number of hydrogen-bond donors (Lipinski definition) is 1. The topological polar surface area (TPSA) is 42.7 Å². The summed E-state index contributed by atoms with van der Waals surface area (Å²) in [6.45, 7) is 7.09. The van der Waals surface area contributed by atoms with E-state index in [2.05, 4.69) is 33.7 Å². The molecule has 2 aromatic rings. The summed E-state index contributed by atoms with van der Waals surface area (Å²) in [5.74, 6) is 0.988.